The lowest BCUT2D eigenvalue weighted by Crippen LogP contribution is -2.26. The molecule has 1 N–H and O–H groups in total. The number of carbonyl (C=O) groups excluding carboxylic acids is 1. The van der Waals surface area contributed by atoms with Crippen LogP contribution in [0.25, 0.3) is 0 Å². The van der Waals surface area contributed by atoms with Crippen LogP contribution >= 0.6 is 11.8 Å². The average Bonchev–Trinajstić information content (AvgIpc) is 2.46. The molecule has 1 aromatic rings. The third-order valence-electron chi connectivity index (χ3n) is 4.12. The molecule has 2 nitrogen and oxygen atoms in total. The highest BCUT2D eigenvalue weighted by Gasteiger charge is 2.17. The zero-order chi connectivity index (χ0) is 15.3. The molecule has 2 rings (SSSR count). The fraction of sp³-hybridized carbons (Fsp3) is 0.611. The lowest BCUT2D eigenvalue weighted by molar-refractivity contribution is -0.122. The number of benzene rings is 1. The summed E-state index contributed by atoms with van der Waals surface area (Å²) in [4.78, 5) is 12.0. The van der Waals surface area contributed by atoms with Gasteiger partial charge in [0, 0.05) is 13.0 Å². The summed E-state index contributed by atoms with van der Waals surface area (Å²) in [5.41, 5.74) is 2.69. The van der Waals surface area contributed by atoms with Gasteiger partial charge in [-0.3, -0.25) is 4.79 Å². The predicted molar refractivity (Wildman–Crippen MR) is 91.7 cm³/mol. The molecule has 0 saturated carbocycles. The maximum Gasteiger partial charge on any atom is 0.220 e. The number of hydrogen-bond donors (Lipinski definition) is 1. The van der Waals surface area contributed by atoms with Crippen LogP contribution in [-0.4, -0.2) is 17.4 Å². The lowest BCUT2D eigenvalue weighted by atomic mass is 9.87. The van der Waals surface area contributed by atoms with Crippen molar-refractivity contribution in [1.82, 2.24) is 5.32 Å². The summed E-state index contributed by atoms with van der Waals surface area (Å²) in [6, 6.07) is 8.58. The van der Waals surface area contributed by atoms with Crippen molar-refractivity contribution in [2.24, 2.45) is 5.92 Å². The maximum atomic E-state index is 12.0. The molecule has 0 aliphatic carbocycles. The van der Waals surface area contributed by atoms with E-state index in [9.17, 15) is 4.79 Å². The van der Waals surface area contributed by atoms with E-state index in [2.05, 4.69) is 50.4 Å². The SMILES string of the molecule is CC(C)(C)c1ccc(CNC(=O)CC2CCSCC2)cc1. The summed E-state index contributed by atoms with van der Waals surface area (Å²) in [5.74, 6) is 3.22. The van der Waals surface area contributed by atoms with Gasteiger partial charge in [-0.2, -0.15) is 11.8 Å². The van der Waals surface area contributed by atoms with Gasteiger partial charge in [-0.1, -0.05) is 45.0 Å². The van der Waals surface area contributed by atoms with Crippen LogP contribution in [0.15, 0.2) is 24.3 Å². The van der Waals surface area contributed by atoms with Crippen LogP contribution in [0.5, 0.6) is 0 Å². The summed E-state index contributed by atoms with van der Waals surface area (Å²) >= 11 is 2.01. The summed E-state index contributed by atoms with van der Waals surface area (Å²) in [6.07, 6.45) is 3.08. The Morgan fingerprint density at radius 2 is 1.81 bits per heavy atom. The van der Waals surface area contributed by atoms with E-state index in [1.165, 1.54) is 35.5 Å². The van der Waals surface area contributed by atoms with Crippen molar-refractivity contribution in [3.05, 3.63) is 35.4 Å². The van der Waals surface area contributed by atoms with Crippen LogP contribution in [-0.2, 0) is 16.8 Å². The van der Waals surface area contributed by atoms with Crippen LogP contribution in [0.3, 0.4) is 0 Å². The van der Waals surface area contributed by atoms with Gasteiger partial charge in [0.1, 0.15) is 0 Å². The summed E-state index contributed by atoms with van der Waals surface area (Å²) in [6.45, 7) is 7.29. The van der Waals surface area contributed by atoms with E-state index in [1.54, 1.807) is 0 Å². The Balaban J connectivity index is 1.78. The molecule has 0 radical (unpaired) electrons. The molecule has 1 heterocycles. The summed E-state index contributed by atoms with van der Waals surface area (Å²) < 4.78 is 0. The molecule has 1 amide bonds. The fourth-order valence-electron chi connectivity index (χ4n) is 2.61. The molecule has 0 spiro atoms. The minimum atomic E-state index is 0.181. The van der Waals surface area contributed by atoms with Crippen LogP contribution < -0.4 is 5.32 Å². The molecule has 116 valence electrons. The summed E-state index contributed by atoms with van der Waals surface area (Å²) in [5, 5.41) is 3.06. The van der Waals surface area contributed by atoms with Gasteiger partial charge in [0.05, 0.1) is 0 Å². The van der Waals surface area contributed by atoms with Crippen LogP contribution in [0.1, 0.15) is 51.2 Å². The van der Waals surface area contributed by atoms with Gasteiger partial charge in [-0.25, -0.2) is 0 Å². The minimum absolute atomic E-state index is 0.181. The molecule has 0 atom stereocenters. The third-order valence-corrected chi connectivity index (χ3v) is 5.17. The molecule has 1 saturated heterocycles. The number of carbonyl (C=O) groups is 1. The number of amides is 1. The van der Waals surface area contributed by atoms with E-state index >= 15 is 0 Å². The molecule has 1 aliphatic rings. The van der Waals surface area contributed by atoms with Gasteiger partial charge in [0.15, 0.2) is 0 Å². The highest BCUT2D eigenvalue weighted by molar-refractivity contribution is 7.99. The van der Waals surface area contributed by atoms with E-state index < -0.39 is 0 Å². The fourth-order valence-corrected chi connectivity index (χ4v) is 3.81. The van der Waals surface area contributed by atoms with Gasteiger partial charge < -0.3 is 5.32 Å². The Hall–Kier alpha value is -0.960. The number of rotatable bonds is 4. The Bertz CT molecular complexity index is 455. The maximum absolute atomic E-state index is 12.0. The quantitative estimate of drug-likeness (QED) is 0.906. The van der Waals surface area contributed by atoms with Crippen molar-refractivity contribution < 1.29 is 4.79 Å². The zero-order valence-electron chi connectivity index (χ0n) is 13.4. The normalized spacial score (nSPS) is 16.7. The zero-order valence-corrected chi connectivity index (χ0v) is 14.3. The molecule has 21 heavy (non-hydrogen) atoms. The monoisotopic (exact) mass is 305 g/mol. The molecule has 0 aromatic heterocycles. The van der Waals surface area contributed by atoms with Crippen LogP contribution in [0.2, 0.25) is 0 Å². The molecule has 0 unspecified atom stereocenters. The largest absolute Gasteiger partial charge is 0.352 e. The molecule has 3 heteroatoms. The van der Waals surface area contributed by atoms with E-state index in [0.29, 0.717) is 18.9 Å². The Morgan fingerprint density at radius 1 is 1.19 bits per heavy atom. The number of nitrogens with one attached hydrogen (secondary N) is 1. The van der Waals surface area contributed by atoms with Crippen molar-refractivity contribution in [1.29, 1.82) is 0 Å². The average molecular weight is 305 g/mol. The highest BCUT2D eigenvalue weighted by atomic mass is 32.2. The van der Waals surface area contributed by atoms with Crippen LogP contribution in [0.4, 0.5) is 0 Å². The molecule has 1 aliphatic heterocycles. The van der Waals surface area contributed by atoms with Gasteiger partial charge in [0.2, 0.25) is 5.91 Å². The number of hydrogen-bond acceptors (Lipinski definition) is 2. The Morgan fingerprint density at radius 3 is 2.38 bits per heavy atom. The van der Waals surface area contributed by atoms with E-state index in [-0.39, 0.29) is 11.3 Å². The second-order valence-electron chi connectivity index (χ2n) is 6.98. The second-order valence-corrected chi connectivity index (χ2v) is 8.21. The number of thioether (sulfide) groups is 1. The van der Waals surface area contributed by atoms with Crippen molar-refractivity contribution in [3.63, 3.8) is 0 Å². The first-order chi connectivity index (χ1) is 9.95. The second kappa shape index (κ2) is 7.35. The minimum Gasteiger partial charge on any atom is -0.352 e. The first-order valence-corrected chi connectivity index (χ1v) is 9.04. The Kier molecular flexibility index (Phi) is 5.74. The van der Waals surface area contributed by atoms with Crippen molar-refractivity contribution in [3.8, 4) is 0 Å². The van der Waals surface area contributed by atoms with E-state index in [4.69, 9.17) is 0 Å². The van der Waals surface area contributed by atoms with Crippen molar-refractivity contribution >= 4 is 17.7 Å². The Labute approximate surface area is 133 Å². The van der Waals surface area contributed by atoms with Crippen LogP contribution in [0, 0.1) is 5.92 Å². The smallest absolute Gasteiger partial charge is 0.220 e. The molecule has 1 aromatic carbocycles. The van der Waals surface area contributed by atoms with Gasteiger partial charge >= 0.3 is 0 Å². The third kappa shape index (κ3) is 5.39. The predicted octanol–water partition coefficient (Wildman–Crippen LogP) is 4.13. The molecule has 1 fully saturated rings. The standard InChI is InChI=1S/C18H27NOS/c1-18(2,3)16-6-4-15(5-7-16)13-19-17(20)12-14-8-10-21-11-9-14/h4-7,14H,8-13H2,1-3H3,(H,19,20). The van der Waals surface area contributed by atoms with Gasteiger partial charge in [-0.15, -0.1) is 0 Å². The first-order valence-electron chi connectivity index (χ1n) is 7.89. The van der Waals surface area contributed by atoms with E-state index in [0.717, 1.165) is 0 Å². The van der Waals surface area contributed by atoms with Gasteiger partial charge in [-0.05, 0) is 46.8 Å². The van der Waals surface area contributed by atoms with Crippen molar-refractivity contribution in [2.75, 3.05) is 11.5 Å². The van der Waals surface area contributed by atoms with E-state index in [1.807, 2.05) is 11.8 Å². The topological polar surface area (TPSA) is 29.1 Å². The van der Waals surface area contributed by atoms with Gasteiger partial charge in [0.25, 0.3) is 0 Å². The summed E-state index contributed by atoms with van der Waals surface area (Å²) in [7, 11) is 0. The molecular formula is C18H27NOS. The first kappa shape index (κ1) is 16.4. The molecular weight excluding hydrogens is 278 g/mol. The highest BCUT2D eigenvalue weighted by Crippen LogP contribution is 2.25. The lowest BCUT2D eigenvalue weighted by Gasteiger charge is -2.21. The van der Waals surface area contributed by atoms with Crippen molar-refractivity contribution in [2.45, 2.75) is 52.0 Å². The molecule has 0 bridgehead atoms.